The summed E-state index contributed by atoms with van der Waals surface area (Å²) in [6.45, 7) is 8.40. The van der Waals surface area contributed by atoms with Crippen molar-refractivity contribution >= 4 is 11.6 Å². The van der Waals surface area contributed by atoms with Crippen molar-refractivity contribution in [3.05, 3.63) is 23.8 Å². The first-order chi connectivity index (χ1) is 11.7. The Labute approximate surface area is 150 Å². The maximum absolute atomic E-state index is 12.2. The molecule has 3 nitrogen and oxygen atoms in total. The second-order valence-electron chi connectivity index (χ2n) is 9.57. The van der Waals surface area contributed by atoms with Crippen LogP contribution in [0.5, 0.6) is 0 Å². The number of aliphatic hydroxyl groups is 1. The Balaban J connectivity index is 1.77. The van der Waals surface area contributed by atoms with E-state index in [0.717, 1.165) is 19.3 Å². The molecule has 8 atom stereocenters. The molecule has 25 heavy (non-hydrogen) atoms. The molecule has 1 unspecified atom stereocenters. The van der Waals surface area contributed by atoms with E-state index in [0.29, 0.717) is 24.2 Å². The minimum absolute atomic E-state index is 0.0715. The van der Waals surface area contributed by atoms with Crippen LogP contribution in [0.4, 0.5) is 0 Å². The van der Waals surface area contributed by atoms with Crippen molar-refractivity contribution in [1.82, 2.24) is 0 Å². The average molecular weight is 342 g/mol. The van der Waals surface area contributed by atoms with E-state index < -0.39 is 6.10 Å². The summed E-state index contributed by atoms with van der Waals surface area (Å²) >= 11 is 0. The number of hydrogen-bond donors (Lipinski definition) is 1. The summed E-state index contributed by atoms with van der Waals surface area (Å²) in [5, 5.41) is 11.2. The average Bonchev–Trinajstić information content (AvgIpc) is 2.85. The molecular weight excluding hydrogens is 312 g/mol. The van der Waals surface area contributed by atoms with Crippen LogP contribution in [0, 0.1) is 40.4 Å². The minimum Gasteiger partial charge on any atom is -0.393 e. The lowest BCUT2D eigenvalue weighted by atomic mass is 9.45. The van der Waals surface area contributed by atoms with Crippen LogP contribution in [-0.2, 0) is 9.59 Å². The van der Waals surface area contributed by atoms with Gasteiger partial charge in [-0.25, -0.2) is 0 Å². The van der Waals surface area contributed by atoms with Crippen molar-refractivity contribution in [3.63, 3.8) is 0 Å². The number of carbonyl (C=O) groups is 2. The van der Waals surface area contributed by atoms with Crippen molar-refractivity contribution in [2.45, 2.75) is 59.5 Å². The summed E-state index contributed by atoms with van der Waals surface area (Å²) in [4.78, 5) is 24.2. The zero-order chi connectivity index (χ0) is 18.1. The summed E-state index contributed by atoms with van der Waals surface area (Å²) in [5.74, 6) is 1.89. The van der Waals surface area contributed by atoms with Crippen molar-refractivity contribution in [3.8, 4) is 0 Å². The molecule has 0 bridgehead atoms. The highest BCUT2D eigenvalue weighted by Crippen LogP contribution is 2.66. The monoisotopic (exact) mass is 342 g/mol. The second kappa shape index (κ2) is 5.39. The Morgan fingerprint density at radius 2 is 2.00 bits per heavy atom. The van der Waals surface area contributed by atoms with Gasteiger partial charge in [0.05, 0.1) is 6.10 Å². The number of Topliss-reactive ketones (excluding diaryl/α,β-unsaturated/α-hetero) is 1. The number of rotatable bonds is 1. The standard InChI is InChI=1S/C22H30O3/c1-12-9-15-17-6-5-16(13(2)23)22(17,4)11-19(25)20(15)21(3)8-7-14(24)10-18(12)21/h7-8,10,12,15-17,19-20,25H,5-6,9,11H2,1-4H3/t12-,15-,16+,17-,19-,20?,21-,22+/m0/s1. The highest BCUT2D eigenvalue weighted by atomic mass is 16.3. The van der Waals surface area contributed by atoms with Gasteiger partial charge in [0.1, 0.15) is 5.78 Å². The Morgan fingerprint density at radius 3 is 2.68 bits per heavy atom. The third-order valence-electron chi connectivity index (χ3n) is 8.30. The van der Waals surface area contributed by atoms with Crippen LogP contribution in [-0.4, -0.2) is 22.8 Å². The summed E-state index contributed by atoms with van der Waals surface area (Å²) < 4.78 is 0. The highest BCUT2D eigenvalue weighted by molar-refractivity contribution is 6.01. The topological polar surface area (TPSA) is 54.4 Å². The van der Waals surface area contributed by atoms with Crippen molar-refractivity contribution in [1.29, 1.82) is 0 Å². The molecule has 0 radical (unpaired) electrons. The van der Waals surface area contributed by atoms with Crippen LogP contribution in [0.1, 0.15) is 53.4 Å². The van der Waals surface area contributed by atoms with Gasteiger partial charge in [0.15, 0.2) is 5.78 Å². The first kappa shape index (κ1) is 17.2. The first-order valence-corrected chi connectivity index (χ1v) is 9.82. The van der Waals surface area contributed by atoms with Gasteiger partial charge in [-0.15, -0.1) is 0 Å². The molecule has 0 aromatic carbocycles. The number of carbonyl (C=O) groups excluding carboxylic acids is 2. The summed E-state index contributed by atoms with van der Waals surface area (Å²) in [7, 11) is 0. The van der Waals surface area contributed by atoms with Gasteiger partial charge in [-0.05, 0) is 67.9 Å². The van der Waals surface area contributed by atoms with Gasteiger partial charge in [-0.2, -0.15) is 0 Å². The molecule has 3 heteroatoms. The van der Waals surface area contributed by atoms with Crippen LogP contribution >= 0.6 is 0 Å². The molecule has 3 saturated carbocycles. The summed E-state index contributed by atoms with van der Waals surface area (Å²) in [6.07, 6.45) is 8.94. The quantitative estimate of drug-likeness (QED) is 0.790. The van der Waals surface area contributed by atoms with E-state index in [1.807, 2.05) is 6.08 Å². The van der Waals surface area contributed by atoms with Crippen LogP contribution in [0.3, 0.4) is 0 Å². The fourth-order valence-electron chi connectivity index (χ4n) is 7.42. The van der Waals surface area contributed by atoms with Gasteiger partial charge in [-0.3, -0.25) is 9.59 Å². The third kappa shape index (κ3) is 2.21. The molecule has 4 aliphatic rings. The summed E-state index contributed by atoms with van der Waals surface area (Å²) in [6, 6.07) is 0. The smallest absolute Gasteiger partial charge is 0.178 e. The van der Waals surface area contributed by atoms with E-state index in [-0.39, 0.29) is 34.2 Å². The molecule has 0 saturated heterocycles. The molecule has 4 rings (SSSR count). The molecule has 0 aliphatic heterocycles. The molecule has 0 spiro atoms. The van der Waals surface area contributed by atoms with Gasteiger partial charge in [0.2, 0.25) is 0 Å². The summed E-state index contributed by atoms with van der Waals surface area (Å²) in [5.41, 5.74) is 0.897. The second-order valence-corrected chi connectivity index (χ2v) is 9.57. The number of allylic oxidation sites excluding steroid dienone is 4. The lowest BCUT2D eigenvalue weighted by Gasteiger charge is -2.60. The number of hydrogen-bond acceptors (Lipinski definition) is 3. The lowest BCUT2D eigenvalue weighted by molar-refractivity contribution is -0.139. The van der Waals surface area contributed by atoms with Crippen LogP contribution in [0.15, 0.2) is 23.8 Å². The normalized spacial score (nSPS) is 51.4. The maximum Gasteiger partial charge on any atom is 0.178 e. The van der Waals surface area contributed by atoms with Crippen LogP contribution in [0.2, 0.25) is 0 Å². The number of ketones is 2. The van der Waals surface area contributed by atoms with E-state index in [4.69, 9.17) is 0 Å². The molecule has 136 valence electrons. The molecule has 0 aromatic rings. The Bertz CT molecular complexity index is 689. The fourth-order valence-corrected chi connectivity index (χ4v) is 7.42. The Kier molecular flexibility index (Phi) is 3.71. The maximum atomic E-state index is 12.2. The minimum atomic E-state index is -0.412. The molecule has 0 amide bonds. The first-order valence-electron chi connectivity index (χ1n) is 9.82. The number of aliphatic hydroxyl groups excluding tert-OH is 1. The van der Waals surface area contributed by atoms with Gasteiger partial charge < -0.3 is 5.11 Å². The van der Waals surface area contributed by atoms with E-state index in [9.17, 15) is 14.7 Å². The Morgan fingerprint density at radius 1 is 1.28 bits per heavy atom. The van der Waals surface area contributed by atoms with Crippen LogP contribution in [0.25, 0.3) is 0 Å². The van der Waals surface area contributed by atoms with Gasteiger partial charge in [-0.1, -0.05) is 32.4 Å². The van der Waals surface area contributed by atoms with Gasteiger partial charge in [0, 0.05) is 17.3 Å². The molecule has 1 N–H and O–H groups in total. The van der Waals surface area contributed by atoms with Crippen LogP contribution < -0.4 is 0 Å². The van der Waals surface area contributed by atoms with E-state index in [1.54, 1.807) is 13.0 Å². The lowest BCUT2D eigenvalue weighted by Crippen LogP contribution is -2.57. The van der Waals surface area contributed by atoms with E-state index in [2.05, 4.69) is 26.8 Å². The zero-order valence-corrected chi connectivity index (χ0v) is 15.8. The molecule has 4 aliphatic carbocycles. The zero-order valence-electron chi connectivity index (χ0n) is 15.8. The van der Waals surface area contributed by atoms with Crippen molar-refractivity contribution in [2.24, 2.45) is 40.4 Å². The van der Waals surface area contributed by atoms with Gasteiger partial charge >= 0.3 is 0 Å². The van der Waals surface area contributed by atoms with Crippen molar-refractivity contribution in [2.75, 3.05) is 0 Å². The number of fused-ring (bicyclic) bond motifs is 5. The highest BCUT2D eigenvalue weighted by Gasteiger charge is 2.63. The predicted molar refractivity (Wildman–Crippen MR) is 96.7 cm³/mol. The Hall–Kier alpha value is -1.22. The SMILES string of the molecule is CC(=O)[C@H]1CC[C@H]2[C@@H]3C[C@H](C)C4=CC(=O)C=C[C@]4(C)C3[C@@H](O)C[C@]12C. The van der Waals surface area contributed by atoms with Crippen molar-refractivity contribution < 1.29 is 14.7 Å². The van der Waals surface area contributed by atoms with E-state index >= 15 is 0 Å². The predicted octanol–water partition coefficient (Wildman–Crippen LogP) is 3.72. The molecular formula is C22H30O3. The fraction of sp³-hybridized carbons (Fsp3) is 0.727. The molecule has 0 aromatic heterocycles. The molecule has 3 fully saturated rings. The molecule has 0 heterocycles. The van der Waals surface area contributed by atoms with E-state index in [1.165, 1.54) is 5.57 Å². The largest absolute Gasteiger partial charge is 0.393 e. The third-order valence-corrected chi connectivity index (χ3v) is 8.30. The van der Waals surface area contributed by atoms with Gasteiger partial charge in [0.25, 0.3) is 0 Å².